The molecule has 0 unspecified atom stereocenters. The third kappa shape index (κ3) is 5.31. The van der Waals surface area contributed by atoms with Gasteiger partial charge in [-0.05, 0) is 36.8 Å². The quantitative estimate of drug-likeness (QED) is 0.345. The number of nitrogens with two attached hydrogens (primary N) is 1. The number of rotatable bonds is 7. The second-order valence-corrected chi connectivity index (χ2v) is 7.64. The molecule has 0 saturated heterocycles. The van der Waals surface area contributed by atoms with Gasteiger partial charge in [-0.25, -0.2) is 18.3 Å². The maximum Gasteiger partial charge on any atom is 0.390 e. The maximum absolute atomic E-state index is 13.6. The Kier molecular flexibility index (Phi) is 6.29. The normalized spacial score (nSPS) is 11.6. The number of aromatic nitrogens is 3. The highest BCUT2D eigenvalue weighted by molar-refractivity contribution is 5.94. The molecular weight excluding hydrogens is 473 g/mol. The van der Waals surface area contributed by atoms with Gasteiger partial charge in [0.25, 0.3) is 0 Å². The Labute approximate surface area is 195 Å². The van der Waals surface area contributed by atoms with Crippen LogP contribution in [0.25, 0.3) is 16.9 Å². The number of halogens is 5. The summed E-state index contributed by atoms with van der Waals surface area (Å²) in [5.41, 5.74) is 7.70. The molecule has 2 aromatic heterocycles. The Hall–Kier alpha value is -4.22. The highest BCUT2D eigenvalue weighted by atomic mass is 19.4. The third-order valence-corrected chi connectivity index (χ3v) is 5.07. The number of amides is 1. The van der Waals surface area contributed by atoms with Crippen LogP contribution in [0.4, 0.5) is 27.6 Å². The van der Waals surface area contributed by atoms with E-state index >= 15 is 0 Å². The Morgan fingerprint density at radius 2 is 1.89 bits per heavy atom. The predicted octanol–water partition coefficient (Wildman–Crippen LogP) is 5.24. The summed E-state index contributed by atoms with van der Waals surface area (Å²) < 4.78 is 71.8. The van der Waals surface area contributed by atoms with Gasteiger partial charge in [0.05, 0.1) is 24.0 Å². The molecule has 12 heteroatoms. The highest BCUT2D eigenvalue weighted by Crippen LogP contribution is 2.30. The summed E-state index contributed by atoms with van der Waals surface area (Å²) in [6, 6.07) is 9.03. The molecule has 0 aliphatic rings. The number of fused-ring (bicyclic) bond motifs is 1. The van der Waals surface area contributed by atoms with Crippen molar-refractivity contribution < 1.29 is 31.5 Å². The number of hydrogen-bond donors (Lipinski definition) is 2. The zero-order chi connectivity index (χ0) is 25.3. The smallest absolute Gasteiger partial charge is 0.390 e. The third-order valence-electron chi connectivity index (χ3n) is 5.07. The van der Waals surface area contributed by atoms with Gasteiger partial charge >= 0.3 is 6.18 Å². The van der Waals surface area contributed by atoms with Gasteiger partial charge in [0.2, 0.25) is 11.8 Å². The van der Waals surface area contributed by atoms with Crippen LogP contribution in [0.15, 0.2) is 48.7 Å². The molecule has 3 N–H and O–H groups in total. The molecule has 2 heterocycles. The van der Waals surface area contributed by atoms with Crippen molar-refractivity contribution in [2.24, 2.45) is 5.73 Å². The first kappa shape index (κ1) is 23.9. The molecule has 4 rings (SSSR count). The van der Waals surface area contributed by atoms with Gasteiger partial charge in [0.15, 0.2) is 17.3 Å². The number of hydrogen-bond acceptors (Lipinski definition) is 5. The molecule has 7 nitrogen and oxygen atoms in total. The van der Waals surface area contributed by atoms with E-state index in [-0.39, 0.29) is 23.0 Å². The fraction of sp³-hybridized carbons (Fsp3) is 0.174. The first-order valence-corrected chi connectivity index (χ1v) is 10.2. The molecule has 0 radical (unpaired) electrons. The van der Waals surface area contributed by atoms with Crippen molar-refractivity contribution >= 4 is 17.2 Å². The van der Waals surface area contributed by atoms with Gasteiger partial charge in [-0.3, -0.25) is 4.79 Å². The number of primary amides is 1. The second kappa shape index (κ2) is 9.20. The van der Waals surface area contributed by atoms with E-state index in [9.17, 15) is 26.7 Å². The lowest BCUT2D eigenvalue weighted by Gasteiger charge is -2.13. The number of ether oxygens (including phenoxy) is 1. The first-order chi connectivity index (χ1) is 16.5. The molecule has 0 aliphatic carbocycles. The molecule has 0 bridgehead atoms. The summed E-state index contributed by atoms with van der Waals surface area (Å²) >= 11 is 0. The van der Waals surface area contributed by atoms with Crippen molar-refractivity contribution in [3.8, 4) is 22.9 Å². The minimum atomic E-state index is -4.37. The van der Waals surface area contributed by atoms with Crippen LogP contribution in [-0.2, 0) is 0 Å². The Morgan fingerprint density at radius 3 is 2.54 bits per heavy atom. The van der Waals surface area contributed by atoms with Crippen LogP contribution >= 0.6 is 0 Å². The fourth-order valence-electron chi connectivity index (χ4n) is 3.42. The van der Waals surface area contributed by atoms with E-state index in [4.69, 9.17) is 10.5 Å². The predicted molar refractivity (Wildman–Crippen MR) is 117 cm³/mol. The van der Waals surface area contributed by atoms with Crippen LogP contribution in [0.3, 0.4) is 0 Å². The summed E-state index contributed by atoms with van der Waals surface area (Å²) in [5.74, 6) is -2.98. The molecule has 4 aromatic rings. The number of anilines is 1. The van der Waals surface area contributed by atoms with Crippen LogP contribution in [-0.4, -0.2) is 33.2 Å². The van der Waals surface area contributed by atoms with Crippen LogP contribution < -0.4 is 15.8 Å². The van der Waals surface area contributed by atoms with E-state index in [1.807, 2.05) is 0 Å². The number of nitrogens with one attached hydrogen (secondary N) is 1. The van der Waals surface area contributed by atoms with Crippen LogP contribution in [0.2, 0.25) is 0 Å². The van der Waals surface area contributed by atoms with Gasteiger partial charge in [0, 0.05) is 29.8 Å². The molecular formula is C23H18F5N5O2. The van der Waals surface area contributed by atoms with E-state index in [1.54, 1.807) is 19.1 Å². The Bertz CT molecular complexity index is 1420. The number of aryl methyl sites for hydroxylation is 1. The molecule has 182 valence electrons. The fourth-order valence-corrected chi connectivity index (χ4v) is 3.42. The molecule has 0 aliphatic heterocycles. The highest BCUT2D eigenvalue weighted by Gasteiger charge is 2.26. The number of carbonyl (C=O) groups is 1. The molecule has 0 saturated carbocycles. The molecule has 35 heavy (non-hydrogen) atoms. The van der Waals surface area contributed by atoms with Gasteiger partial charge in [-0.15, -0.1) is 5.10 Å². The summed E-state index contributed by atoms with van der Waals surface area (Å²) in [6.45, 7) is 1.25. The van der Waals surface area contributed by atoms with Gasteiger partial charge in [-0.2, -0.15) is 13.2 Å². The van der Waals surface area contributed by atoms with Crippen LogP contribution in [0.1, 0.15) is 22.3 Å². The molecule has 1 amide bonds. The van der Waals surface area contributed by atoms with Crippen LogP contribution in [0.5, 0.6) is 11.6 Å². The SMILES string of the molecule is Cc1cc(-c2cnc3c(NCCC(F)(F)F)cc(Oc4ccc(F)c(F)c4)nn23)ccc1C(N)=O. The minimum absolute atomic E-state index is 0.0692. The summed E-state index contributed by atoms with van der Waals surface area (Å²) in [5, 5.41) is 7.00. The largest absolute Gasteiger partial charge is 0.437 e. The lowest BCUT2D eigenvalue weighted by Crippen LogP contribution is -2.15. The van der Waals surface area contributed by atoms with E-state index in [1.165, 1.54) is 28.9 Å². The number of imidazole rings is 1. The number of nitrogens with zero attached hydrogens (tertiary/aromatic N) is 3. The zero-order valence-corrected chi connectivity index (χ0v) is 18.2. The Morgan fingerprint density at radius 1 is 1.11 bits per heavy atom. The lowest BCUT2D eigenvalue weighted by atomic mass is 10.0. The Balaban J connectivity index is 1.78. The topological polar surface area (TPSA) is 94.5 Å². The van der Waals surface area contributed by atoms with Crippen molar-refractivity contribution in [2.45, 2.75) is 19.5 Å². The first-order valence-electron chi connectivity index (χ1n) is 10.2. The lowest BCUT2D eigenvalue weighted by molar-refractivity contribution is -0.131. The maximum atomic E-state index is 13.6. The van der Waals surface area contributed by atoms with Gasteiger partial charge in [-0.1, -0.05) is 6.07 Å². The molecule has 0 fully saturated rings. The average Bonchev–Trinajstić information content (AvgIpc) is 3.19. The van der Waals surface area contributed by atoms with Crippen molar-refractivity contribution in [2.75, 3.05) is 11.9 Å². The molecule has 0 atom stereocenters. The van der Waals surface area contributed by atoms with Crippen molar-refractivity contribution in [1.82, 2.24) is 14.6 Å². The molecule has 2 aromatic carbocycles. The number of alkyl halides is 3. The van der Waals surface area contributed by atoms with Crippen molar-refractivity contribution in [3.05, 3.63) is 71.4 Å². The van der Waals surface area contributed by atoms with E-state index < -0.39 is 36.7 Å². The van der Waals surface area contributed by atoms with Gasteiger partial charge in [0.1, 0.15) is 5.75 Å². The van der Waals surface area contributed by atoms with Gasteiger partial charge < -0.3 is 15.8 Å². The van der Waals surface area contributed by atoms with E-state index in [0.29, 0.717) is 22.4 Å². The molecule has 0 spiro atoms. The summed E-state index contributed by atoms with van der Waals surface area (Å²) in [6.07, 6.45) is -4.01. The summed E-state index contributed by atoms with van der Waals surface area (Å²) in [4.78, 5) is 15.8. The average molecular weight is 491 g/mol. The van der Waals surface area contributed by atoms with E-state index in [0.717, 1.165) is 12.1 Å². The second-order valence-electron chi connectivity index (χ2n) is 7.64. The zero-order valence-electron chi connectivity index (χ0n) is 18.2. The van der Waals surface area contributed by atoms with Crippen LogP contribution in [0, 0.1) is 18.6 Å². The number of benzene rings is 2. The van der Waals surface area contributed by atoms with Crippen molar-refractivity contribution in [3.63, 3.8) is 0 Å². The monoisotopic (exact) mass is 491 g/mol. The van der Waals surface area contributed by atoms with Crippen molar-refractivity contribution in [1.29, 1.82) is 0 Å². The minimum Gasteiger partial charge on any atom is -0.437 e. The number of carbonyl (C=O) groups excluding carboxylic acids is 1. The standard InChI is InChI=1S/C23H18F5N5O2/c1-12-8-13(2-4-15(12)21(29)34)19-11-31-22-18(30-7-6-23(26,27)28)10-20(32-33(19)22)35-14-3-5-16(24)17(25)9-14/h2-5,8-11,30H,6-7H2,1H3,(H2,29,34). The van der Waals surface area contributed by atoms with E-state index in [2.05, 4.69) is 15.4 Å². The summed E-state index contributed by atoms with van der Waals surface area (Å²) in [7, 11) is 0.